The van der Waals surface area contributed by atoms with Gasteiger partial charge in [0.05, 0.1) is 0 Å². The molecule has 2 rings (SSSR count). The van der Waals surface area contributed by atoms with Gasteiger partial charge in [-0.1, -0.05) is 13.3 Å². The van der Waals surface area contributed by atoms with Crippen LogP contribution in [-0.4, -0.2) is 23.1 Å². The average molecular weight is 255 g/mol. The number of rotatable bonds is 4. The number of thiophene rings is 1. The zero-order valence-electron chi connectivity index (χ0n) is 9.52. The van der Waals surface area contributed by atoms with Crippen LogP contribution in [0.5, 0.6) is 0 Å². The summed E-state index contributed by atoms with van der Waals surface area (Å²) in [6, 6.07) is 2.14. The van der Waals surface area contributed by atoms with E-state index in [1.807, 2.05) is 11.8 Å². The Kier molecular flexibility index (Phi) is 4.29. The molecule has 1 amide bonds. The van der Waals surface area contributed by atoms with Crippen molar-refractivity contribution < 1.29 is 4.79 Å². The Morgan fingerprint density at radius 1 is 1.56 bits per heavy atom. The summed E-state index contributed by atoms with van der Waals surface area (Å²) in [6.45, 7) is 3.07. The first-order chi connectivity index (χ1) is 7.83. The third-order valence-corrected chi connectivity index (χ3v) is 4.76. The average Bonchev–Trinajstić information content (AvgIpc) is 2.80. The Morgan fingerprint density at radius 2 is 2.44 bits per heavy atom. The SMILES string of the molecule is CCCCN1C(=O)CCSC1c1ccsc1. The maximum absolute atomic E-state index is 11.9. The molecule has 4 heteroatoms. The quantitative estimate of drug-likeness (QED) is 0.820. The predicted molar refractivity (Wildman–Crippen MR) is 70.8 cm³/mol. The van der Waals surface area contributed by atoms with Crippen LogP contribution in [0.15, 0.2) is 16.8 Å². The third kappa shape index (κ3) is 2.61. The maximum Gasteiger partial charge on any atom is 0.224 e. The molecule has 0 aromatic carbocycles. The fourth-order valence-corrected chi connectivity index (χ4v) is 3.91. The monoisotopic (exact) mass is 255 g/mol. The third-order valence-electron chi connectivity index (χ3n) is 2.78. The Hall–Kier alpha value is -0.480. The summed E-state index contributed by atoms with van der Waals surface area (Å²) < 4.78 is 0. The van der Waals surface area contributed by atoms with E-state index in [0.717, 1.165) is 25.1 Å². The highest BCUT2D eigenvalue weighted by atomic mass is 32.2. The van der Waals surface area contributed by atoms with Gasteiger partial charge in [0.15, 0.2) is 0 Å². The second-order valence-electron chi connectivity index (χ2n) is 3.97. The number of carbonyl (C=O) groups excluding carboxylic acids is 1. The van der Waals surface area contributed by atoms with E-state index in [-0.39, 0.29) is 5.37 Å². The van der Waals surface area contributed by atoms with Gasteiger partial charge in [0.2, 0.25) is 5.91 Å². The van der Waals surface area contributed by atoms with E-state index in [0.29, 0.717) is 12.3 Å². The lowest BCUT2D eigenvalue weighted by Gasteiger charge is -2.34. The smallest absolute Gasteiger partial charge is 0.224 e. The molecule has 1 atom stereocenters. The summed E-state index contributed by atoms with van der Waals surface area (Å²) in [7, 11) is 0. The minimum atomic E-state index is 0.263. The summed E-state index contributed by atoms with van der Waals surface area (Å²) in [4.78, 5) is 14.0. The standard InChI is InChI=1S/C12H17NOS2/c1-2-3-6-13-11(14)5-8-16-12(13)10-4-7-15-9-10/h4,7,9,12H,2-3,5-6,8H2,1H3. The molecule has 88 valence electrons. The first-order valence-corrected chi connectivity index (χ1v) is 7.75. The molecule has 0 spiro atoms. The van der Waals surface area contributed by atoms with Crippen molar-refractivity contribution in [3.63, 3.8) is 0 Å². The van der Waals surface area contributed by atoms with Gasteiger partial charge in [-0.2, -0.15) is 11.3 Å². The highest BCUT2D eigenvalue weighted by Crippen LogP contribution is 2.38. The van der Waals surface area contributed by atoms with E-state index in [1.165, 1.54) is 5.56 Å². The Bertz CT molecular complexity index is 337. The molecule has 0 saturated carbocycles. The van der Waals surface area contributed by atoms with Gasteiger partial charge >= 0.3 is 0 Å². The van der Waals surface area contributed by atoms with Crippen molar-refractivity contribution in [2.75, 3.05) is 12.3 Å². The Labute approximate surface area is 105 Å². The predicted octanol–water partition coefficient (Wildman–Crippen LogP) is 3.51. The number of unbranched alkanes of at least 4 members (excludes halogenated alkanes) is 1. The van der Waals surface area contributed by atoms with Crippen LogP contribution in [0.1, 0.15) is 37.1 Å². The van der Waals surface area contributed by atoms with E-state index >= 15 is 0 Å². The molecule has 1 aromatic heterocycles. The van der Waals surface area contributed by atoms with Crippen LogP contribution < -0.4 is 0 Å². The summed E-state index contributed by atoms with van der Waals surface area (Å²) in [5.74, 6) is 1.28. The van der Waals surface area contributed by atoms with E-state index in [4.69, 9.17) is 0 Å². The fraction of sp³-hybridized carbons (Fsp3) is 0.583. The Balaban J connectivity index is 2.10. The van der Waals surface area contributed by atoms with Crippen molar-refractivity contribution in [1.29, 1.82) is 0 Å². The van der Waals surface area contributed by atoms with Crippen LogP contribution in [-0.2, 0) is 4.79 Å². The van der Waals surface area contributed by atoms with E-state index in [9.17, 15) is 4.79 Å². The lowest BCUT2D eigenvalue weighted by atomic mass is 10.2. The molecule has 1 fully saturated rings. The van der Waals surface area contributed by atoms with Crippen LogP contribution in [0.3, 0.4) is 0 Å². The van der Waals surface area contributed by atoms with Gasteiger partial charge in [0.1, 0.15) is 5.37 Å². The second kappa shape index (κ2) is 5.73. The summed E-state index contributed by atoms with van der Waals surface area (Å²) in [6.07, 6.45) is 2.95. The molecule has 0 N–H and O–H groups in total. The van der Waals surface area contributed by atoms with Crippen molar-refractivity contribution in [2.24, 2.45) is 0 Å². The van der Waals surface area contributed by atoms with Crippen molar-refractivity contribution in [3.8, 4) is 0 Å². The van der Waals surface area contributed by atoms with Crippen LogP contribution in [0.2, 0.25) is 0 Å². The number of nitrogens with zero attached hydrogens (tertiary/aromatic N) is 1. The minimum Gasteiger partial charge on any atom is -0.327 e. The minimum absolute atomic E-state index is 0.263. The van der Waals surface area contributed by atoms with Crippen molar-refractivity contribution >= 4 is 29.0 Å². The van der Waals surface area contributed by atoms with Gasteiger partial charge in [-0.15, -0.1) is 11.8 Å². The van der Waals surface area contributed by atoms with Gasteiger partial charge < -0.3 is 4.90 Å². The molecule has 2 nitrogen and oxygen atoms in total. The molecule has 16 heavy (non-hydrogen) atoms. The van der Waals surface area contributed by atoms with Gasteiger partial charge in [-0.3, -0.25) is 4.79 Å². The molecule has 2 heterocycles. The molecular formula is C12H17NOS2. The van der Waals surface area contributed by atoms with Gasteiger partial charge in [0, 0.05) is 18.7 Å². The van der Waals surface area contributed by atoms with Crippen LogP contribution >= 0.6 is 23.1 Å². The van der Waals surface area contributed by atoms with Gasteiger partial charge in [0.25, 0.3) is 0 Å². The first kappa shape index (κ1) is 12.0. The lowest BCUT2D eigenvalue weighted by Crippen LogP contribution is -2.37. The van der Waals surface area contributed by atoms with Gasteiger partial charge in [-0.05, 0) is 28.8 Å². The number of thioether (sulfide) groups is 1. The first-order valence-electron chi connectivity index (χ1n) is 5.76. The summed E-state index contributed by atoms with van der Waals surface area (Å²) >= 11 is 3.60. The molecule has 0 aliphatic carbocycles. The van der Waals surface area contributed by atoms with Crippen LogP contribution in [0.25, 0.3) is 0 Å². The summed E-state index contributed by atoms with van der Waals surface area (Å²) in [5.41, 5.74) is 1.29. The second-order valence-corrected chi connectivity index (χ2v) is 5.94. The Morgan fingerprint density at radius 3 is 3.12 bits per heavy atom. The van der Waals surface area contributed by atoms with E-state index in [2.05, 4.69) is 28.7 Å². The van der Waals surface area contributed by atoms with Crippen LogP contribution in [0, 0.1) is 0 Å². The zero-order valence-corrected chi connectivity index (χ0v) is 11.1. The van der Waals surface area contributed by atoms with Crippen molar-refractivity contribution in [1.82, 2.24) is 4.90 Å². The number of carbonyl (C=O) groups is 1. The molecule has 0 radical (unpaired) electrons. The normalized spacial score (nSPS) is 21.4. The molecule has 1 saturated heterocycles. The van der Waals surface area contributed by atoms with Crippen molar-refractivity contribution in [3.05, 3.63) is 22.4 Å². The number of hydrogen-bond acceptors (Lipinski definition) is 3. The van der Waals surface area contributed by atoms with Crippen molar-refractivity contribution in [2.45, 2.75) is 31.6 Å². The van der Waals surface area contributed by atoms with E-state index in [1.54, 1.807) is 11.3 Å². The molecule has 1 aliphatic rings. The fourth-order valence-electron chi connectivity index (χ4n) is 1.88. The van der Waals surface area contributed by atoms with E-state index < -0.39 is 0 Å². The molecule has 0 bridgehead atoms. The topological polar surface area (TPSA) is 20.3 Å². The highest BCUT2D eigenvalue weighted by Gasteiger charge is 2.29. The number of amides is 1. The van der Waals surface area contributed by atoms with Gasteiger partial charge in [-0.25, -0.2) is 0 Å². The maximum atomic E-state index is 11.9. The zero-order chi connectivity index (χ0) is 11.4. The molecular weight excluding hydrogens is 238 g/mol. The summed E-state index contributed by atoms with van der Waals surface area (Å²) in [5, 5.41) is 4.52. The molecule has 1 aliphatic heterocycles. The molecule has 1 unspecified atom stereocenters. The largest absolute Gasteiger partial charge is 0.327 e. The lowest BCUT2D eigenvalue weighted by molar-refractivity contribution is -0.132. The number of hydrogen-bond donors (Lipinski definition) is 0. The van der Waals surface area contributed by atoms with Crippen LogP contribution in [0.4, 0.5) is 0 Å². The highest BCUT2D eigenvalue weighted by molar-refractivity contribution is 7.99. The molecule has 1 aromatic rings.